The number of aliphatic hydroxyl groups is 1. The summed E-state index contributed by atoms with van der Waals surface area (Å²) < 4.78 is 0. The summed E-state index contributed by atoms with van der Waals surface area (Å²) in [6, 6.07) is 0. The van der Waals surface area contributed by atoms with Crippen molar-refractivity contribution in [1.29, 1.82) is 0 Å². The van der Waals surface area contributed by atoms with E-state index in [0.717, 1.165) is 54.4 Å². The monoisotopic (exact) mass is 330 g/mol. The van der Waals surface area contributed by atoms with Gasteiger partial charge in [-0.3, -0.25) is 4.79 Å². The zero-order valence-corrected chi connectivity index (χ0v) is 15.7. The van der Waals surface area contributed by atoms with Gasteiger partial charge in [-0.2, -0.15) is 0 Å². The average Bonchev–Trinajstić information content (AvgIpc) is 2.52. The van der Waals surface area contributed by atoms with Crippen molar-refractivity contribution in [1.82, 2.24) is 0 Å². The smallest absolute Gasteiger partial charge is 0.155 e. The highest BCUT2D eigenvalue weighted by Gasteiger charge is 2.53. The summed E-state index contributed by atoms with van der Waals surface area (Å²) in [7, 11) is 0. The number of carbonyl (C=O) groups is 1. The Morgan fingerprint density at radius 2 is 1.79 bits per heavy atom. The molecule has 2 heteroatoms. The molecule has 3 fully saturated rings. The molecule has 0 spiro atoms. The van der Waals surface area contributed by atoms with Crippen molar-refractivity contribution < 1.29 is 9.90 Å². The van der Waals surface area contributed by atoms with Gasteiger partial charge in [-0.1, -0.05) is 13.0 Å². The lowest BCUT2D eigenvalue weighted by Gasteiger charge is -2.58. The fraction of sp³-hybridized carbons (Fsp3) is 0.864. The summed E-state index contributed by atoms with van der Waals surface area (Å²) in [4.78, 5) is 11.9. The molecule has 4 rings (SSSR count). The first-order chi connectivity index (χ1) is 11.3. The van der Waals surface area contributed by atoms with Gasteiger partial charge >= 0.3 is 0 Å². The summed E-state index contributed by atoms with van der Waals surface area (Å²) in [5.74, 6) is 4.42. The standard InChI is InChI=1S/C22H34O2/c1-14(23)15-5-7-20-19-6-4-16-13-22(3,24)11-9-17(16)18(19)8-10-21(20,2)12-15/h12,16-20,24H,4-11,13H2,1-3H3/t16-,17+,18-,19-,20+,21-,22-/m1/s1. The van der Waals surface area contributed by atoms with Crippen molar-refractivity contribution in [2.24, 2.45) is 35.0 Å². The first kappa shape index (κ1) is 16.8. The fourth-order valence-corrected chi connectivity index (χ4v) is 7.21. The van der Waals surface area contributed by atoms with Crippen molar-refractivity contribution in [3.8, 4) is 0 Å². The highest BCUT2D eigenvalue weighted by Crippen LogP contribution is 2.61. The zero-order valence-electron chi connectivity index (χ0n) is 15.7. The molecule has 3 saturated carbocycles. The van der Waals surface area contributed by atoms with Gasteiger partial charge in [-0.25, -0.2) is 0 Å². The van der Waals surface area contributed by atoms with E-state index in [1.165, 1.54) is 38.5 Å². The Labute approximate surface area is 147 Å². The van der Waals surface area contributed by atoms with Gasteiger partial charge in [0.15, 0.2) is 5.78 Å². The summed E-state index contributed by atoms with van der Waals surface area (Å²) in [5, 5.41) is 10.5. The molecule has 0 bridgehead atoms. The van der Waals surface area contributed by atoms with Crippen LogP contribution in [0.2, 0.25) is 0 Å². The second kappa shape index (κ2) is 5.69. The van der Waals surface area contributed by atoms with Crippen LogP contribution < -0.4 is 0 Å². The van der Waals surface area contributed by atoms with Crippen LogP contribution in [-0.4, -0.2) is 16.5 Å². The second-order valence-corrected chi connectivity index (χ2v) is 9.98. The zero-order chi connectivity index (χ0) is 17.1. The second-order valence-electron chi connectivity index (χ2n) is 9.98. The summed E-state index contributed by atoms with van der Waals surface area (Å²) in [5.41, 5.74) is 0.934. The maximum absolute atomic E-state index is 11.9. The third kappa shape index (κ3) is 2.69. The van der Waals surface area contributed by atoms with Crippen LogP contribution in [0.5, 0.6) is 0 Å². The molecular weight excluding hydrogens is 296 g/mol. The number of hydrogen-bond donors (Lipinski definition) is 1. The summed E-state index contributed by atoms with van der Waals surface area (Å²) in [6.45, 7) is 6.20. The van der Waals surface area contributed by atoms with Crippen LogP contribution in [0.3, 0.4) is 0 Å². The van der Waals surface area contributed by atoms with E-state index in [9.17, 15) is 9.90 Å². The SMILES string of the molecule is CC(=O)C1=C[C@@]2(C)CC[C@H]3[C@@H](CC[C@@H]4C[C@](C)(O)CC[C@@H]43)[C@@H]2CC1. The molecule has 0 saturated heterocycles. The van der Waals surface area contributed by atoms with Crippen LogP contribution in [0.25, 0.3) is 0 Å². The Morgan fingerprint density at radius 3 is 2.54 bits per heavy atom. The van der Waals surface area contributed by atoms with Gasteiger partial charge in [0, 0.05) is 0 Å². The summed E-state index contributed by atoms with van der Waals surface area (Å²) >= 11 is 0. The lowest BCUT2D eigenvalue weighted by atomic mass is 9.47. The minimum Gasteiger partial charge on any atom is -0.390 e. The molecule has 0 heterocycles. The Morgan fingerprint density at radius 1 is 1.04 bits per heavy atom. The molecular formula is C22H34O2. The Kier molecular flexibility index (Phi) is 3.99. The lowest BCUT2D eigenvalue weighted by molar-refractivity contribution is -0.114. The van der Waals surface area contributed by atoms with Crippen molar-refractivity contribution >= 4 is 5.78 Å². The number of hydrogen-bond acceptors (Lipinski definition) is 2. The van der Waals surface area contributed by atoms with Crippen LogP contribution in [0.15, 0.2) is 11.6 Å². The molecule has 2 nitrogen and oxygen atoms in total. The van der Waals surface area contributed by atoms with Crippen molar-refractivity contribution in [2.45, 2.75) is 84.2 Å². The molecule has 134 valence electrons. The highest BCUT2D eigenvalue weighted by atomic mass is 16.3. The van der Waals surface area contributed by atoms with Gasteiger partial charge < -0.3 is 5.11 Å². The fourth-order valence-electron chi connectivity index (χ4n) is 7.21. The molecule has 4 aliphatic rings. The quantitative estimate of drug-likeness (QED) is 0.742. The molecule has 0 unspecified atom stereocenters. The van der Waals surface area contributed by atoms with E-state index in [1.54, 1.807) is 6.92 Å². The van der Waals surface area contributed by atoms with Gasteiger partial charge in [0.25, 0.3) is 0 Å². The molecule has 0 radical (unpaired) electrons. The van der Waals surface area contributed by atoms with E-state index in [4.69, 9.17) is 0 Å². The van der Waals surface area contributed by atoms with Crippen molar-refractivity contribution in [3.63, 3.8) is 0 Å². The summed E-state index contributed by atoms with van der Waals surface area (Å²) in [6.07, 6.45) is 13.1. The molecule has 0 aromatic carbocycles. The van der Waals surface area contributed by atoms with E-state index >= 15 is 0 Å². The molecule has 7 atom stereocenters. The first-order valence-electron chi connectivity index (χ1n) is 10.2. The minimum atomic E-state index is -0.416. The van der Waals surface area contributed by atoms with E-state index < -0.39 is 5.60 Å². The van der Waals surface area contributed by atoms with E-state index in [1.807, 2.05) is 6.92 Å². The van der Waals surface area contributed by atoms with Crippen LogP contribution in [0.4, 0.5) is 0 Å². The Bertz CT molecular complexity index is 560. The molecule has 0 aromatic heterocycles. The largest absolute Gasteiger partial charge is 0.390 e. The average molecular weight is 331 g/mol. The molecule has 4 aliphatic carbocycles. The van der Waals surface area contributed by atoms with E-state index in [2.05, 4.69) is 13.0 Å². The molecule has 0 aromatic rings. The van der Waals surface area contributed by atoms with Crippen LogP contribution in [0, 0.1) is 35.0 Å². The van der Waals surface area contributed by atoms with Crippen molar-refractivity contribution in [3.05, 3.63) is 11.6 Å². The lowest BCUT2D eigenvalue weighted by Crippen LogP contribution is -2.51. The van der Waals surface area contributed by atoms with Gasteiger partial charge in [0.1, 0.15) is 0 Å². The van der Waals surface area contributed by atoms with Crippen LogP contribution >= 0.6 is 0 Å². The number of rotatable bonds is 1. The number of Topliss-reactive ketones (excluding diaryl/α,β-unsaturated/α-hetero) is 1. The Balaban J connectivity index is 1.56. The number of ketones is 1. The molecule has 24 heavy (non-hydrogen) atoms. The third-order valence-corrected chi connectivity index (χ3v) is 8.36. The molecule has 1 N–H and O–H groups in total. The first-order valence-corrected chi connectivity index (χ1v) is 10.2. The normalized spacial score (nSPS) is 51.0. The molecule has 0 aliphatic heterocycles. The number of fused-ring (bicyclic) bond motifs is 5. The van der Waals surface area contributed by atoms with Gasteiger partial charge in [-0.15, -0.1) is 0 Å². The number of allylic oxidation sites excluding steroid dienone is 2. The van der Waals surface area contributed by atoms with Crippen molar-refractivity contribution in [2.75, 3.05) is 0 Å². The molecule has 0 amide bonds. The van der Waals surface area contributed by atoms with E-state index in [-0.39, 0.29) is 11.2 Å². The third-order valence-electron chi connectivity index (χ3n) is 8.36. The predicted molar refractivity (Wildman–Crippen MR) is 96.5 cm³/mol. The van der Waals surface area contributed by atoms with Gasteiger partial charge in [0.2, 0.25) is 0 Å². The maximum Gasteiger partial charge on any atom is 0.155 e. The topological polar surface area (TPSA) is 37.3 Å². The van der Waals surface area contributed by atoms with Gasteiger partial charge in [0.05, 0.1) is 5.60 Å². The van der Waals surface area contributed by atoms with Crippen LogP contribution in [0.1, 0.15) is 78.6 Å². The van der Waals surface area contributed by atoms with E-state index in [0.29, 0.717) is 0 Å². The Hall–Kier alpha value is -0.630. The number of carbonyl (C=O) groups excluding carboxylic acids is 1. The predicted octanol–water partition coefficient (Wildman–Crippen LogP) is 4.91. The maximum atomic E-state index is 11.9. The highest BCUT2D eigenvalue weighted by molar-refractivity contribution is 5.93. The van der Waals surface area contributed by atoms with Gasteiger partial charge in [-0.05, 0) is 112 Å². The minimum absolute atomic E-state index is 0.257. The van der Waals surface area contributed by atoms with Crippen LogP contribution in [-0.2, 0) is 4.79 Å².